The Morgan fingerprint density at radius 1 is 1.16 bits per heavy atom. The van der Waals surface area contributed by atoms with Crippen LogP contribution in [0, 0.1) is 17.0 Å². The minimum atomic E-state index is -0.571. The minimum absolute atomic E-state index is 0.00276. The van der Waals surface area contributed by atoms with Crippen LogP contribution in [0.3, 0.4) is 0 Å². The third kappa shape index (κ3) is 4.46. The number of nitrogens with zero attached hydrogens (tertiary/aromatic N) is 2. The van der Waals surface area contributed by atoms with E-state index in [0.717, 1.165) is 22.9 Å². The van der Waals surface area contributed by atoms with Gasteiger partial charge >= 0.3 is 0 Å². The molecule has 0 saturated carbocycles. The quantitative estimate of drug-likeness (QED) is 0.390. The molecular weight excluding hydrogens is 450 g/mol. The summed E-state index contributed by atoms with van der Waals surface area (Å²) in [6.07, 6.45) is 0. The highest BCUT2D eigenvalue weighted by Crippen LogP contribution is 2.42. The molecule has 0 bridgehead atoms. The van der Waals surface area contributed by atoms with E-state index in [-0.39, 0.29) is 27.6 Å². The van der Waals surface area contributed by atoms with Crippen molar-refractivity contribution in [1.82, 2.24) is 0 Å². The molecule has 3 aromatic rings. The number of halogens is 1. The molecule has 1 aliphatic rings. The Morgan fingerprint density at radius 3 is 2.56 bits per heavy atom. The maximum atomic E-state index is 12.5. The smallest absolute Gasteiger partial charge is 0.270 e. The van der Waals surface area contributed by atoms with Crippen LogP contribution in [0.25, 0.3) is 0 Å². The summed E-state index contributed by atoms with van der Waals surface area (Å²) >= 11 is 7.59. The molecule has 1 heterocycles. The van der Waals surface area contributed by atoms with Crippen molar-refractivity contribution in [2.75, 3.05) is 16.0 Å². The number of aryl methyl sites for hydroxylation is 1. The zero-order valence-corrected chi connectivity index (χ0v) is 18.5. The highest BCUT2D eigenvalue weighted by molar-refractivity contribution is 8.00. The molecule has 0 spiro atoms. The third-order valence-electron chi connectivity index (χ3n) is 5.01. The Hall–Kier alpha value is -3.36. The second-order valence-electron chi connectivity index (χ2n) is 7.26. The Bertz CT molecular complexity index is 1220. The number of amides is 2. The molecule has 7 nitrogen and oxygen atoms in total. The second-order valence-corrected chi connectivity index (χ2v) is 8.74. The van der Waals surface area contributed by atoms with Gasteiger partial charge in [-0.15, -0.1) is 11.8 Å². The van der Waals surface area contributed by atoms with E-state index in [1.165, 1.54) is 12.1 Å². The first-order valence-corrected chi connectivity index (χ1v) is 11.1. The topological polar surface area (TPSA) is 92.6 Å². The Morgan fingerprint density at radius 2 is 1.91 bits per heavy atom. The van der Waals surface area contributed by atoms with Crippen LogP contribution in [0.4, 0.5) is 17.1 Å². The zero-order valence-electron chi connectivity index (χ0n) is 16.9. The molecule has 2 amide bonds. The monoisotopic (exact) mass is 467 g/mol. The van der Waals surface area contributed by atoms with Crippen molar-refractivity contribution in [2.45, 2.75) is 12.3 Å². The molecule has 32 heavy (non-hydrogen) atoms. The summed E-state index contributed by atoms with van der Waals surface area (Å²) in [6.45, 7) is 1.99. The molecular formula is C23H18ClN3O4S. The number of hydrogen-bond donors (Lipinski definition) is 1. The van der Waals surface area contributed by atoms with E-state index in [1.807, 2.05) is 43.3 Å². The molecule has 0 aliphatic carbocycles. The lowest BCUT2D eigenvalue weighted by Crippen LogP contribution is -2.27. The molecule has 1 saturated heterocycles. The van der Waals surface area contributed by atoms with E-state index in [9.17, 15) is 19.7 Å². The van der Waals surface area contributed by atoms with Crippen molar-refractivity contribution in [3.8, 4) is 0 Å². The van der Waals surface area contributed by atoms with Gasteiger partial charge < -0.3 is 5.32 Å². The van der Waals surface area contributed by atoms with Crippen molar-refractivity contribution in [3.05, 3.63) is 98.6 Å². The number of rotatable bonds is 5. The first-order valence-electron chi connectivity index (χ1n) is 9.69. The molecule has 0 aromatic heterocycles. The predicted octanol–water partition coefficient (Wildman–Crippen LogP) is 5.59. The summed E-state index contributed by atoms with van der Waals surface area (Å²) in [5.74, 6) is -0.0179. The number of carbonyl (C=O) groups is 2. The standard InChI is InChI=1S/C23H18ClN3O4S/c1-14-3-2-4-17(11-14)26-21(28)13-32-23(26)15-5-7-16(8-6-15)25-22(29)19-10-9-18(27(30)31)12-20(19)24/h2-12,23H,13H2,1H3,(H,25,29)/t23-/m0/s1. The fourth-order valence-corrected chi connectivity index (χ4v) is 4.90. The summed E-state index contributed by atoms with van der Waals surface area (Å²) in [5.41, 5.74) is 3.38. The average Bonchev–Trinajstić information content (AvgIpc) is 3.15. The summed E-state index contributed by atoms with van der Waals surface area (Å²) in [7, 11) is 0. The molecule has 3 aromatic carbocycles. The fraction of sp³-hybridized carbons (Fsp3) is 0.130. The number of carbonyl (C=O) groups excluding carboxylic acids is 2. The van der Waals surface area contributed by atoms with Crippen LogP contribution < -0.4 is 10.2 Å². The number of nitro groups is 1. The molecule has 4 rings (SSSR count). The molecule has 1 fully saturated rings. The molecule has 162 valence electrons. The van der Waals surface area contributed by atoms with Gasteiger partial charge in [-0.25, -0.2) is 0 Å². The highest BCUT2D eigenvalue weighted by Gasteiger charge is 2.34. The Balaban J connectivity index is 1.51. The minimum Gasteiger partial charge on any atom is -0.322 e. The van der Waals surface area contributed by atoms with Crippen LogP contribution in [-0.2, 0) is 4.79 Å². The number of nitrogens with one attached hydrogen (secondary N) is 1. The van der Waals surface area contributed by atoms with Crippen LogP contribution in [0.1, 0.15) is 26.9 Å². The lowest BCUT2D eigenvalue weighted by Gasteiger charge is -2.25. The van der Waals surface area contributed by atoms with Crippen LogP contribution in [0.5, 0.6) is 0 Å². The number of anilines is 2. The maximum absolute atomic E-state index is 12.5. The van der Waals surface area contributed by atoms with Crippen molar-refractivity contribution in [2.24, 2.45) is 0 Å². The van der Waals surface area contributed by atoms with Gasteiger partial charge in [-0.05, 0) is 48.4 Å². The SMILES string of the molecule is Cc1cccc(N2C(=O)CS[C@H]2c2ccc(NC(=O)c3ccc([N+](=O)[O-])cc3Cl)cc2)c1. The first kappa shape index (κ1) is 21.9. The lowest BCUT2D eigenvalue weighted by molar-refractivity contribution is -0.384. The average molecular weight is 468 g/mol. The van der Waals surface area contributed by atoms with E-state index in [0.29, 0.717) is 11.4 Å². The molecule has 1 N–H and O–H groups in total. The van der Waals surface area contributed by atoms with Gasteiger partial charge in [-0.3, -0.25) is 24.6 Å². The van der Waals surface area contributed by atoms with E-state index < -0.39 is 10.8 Å². The number of non-ortho nitro benzene ring substituents is 1. The van der Waals surface area contributed by atoms with Crippen LogP contribution >= 0.6 is 23.4 Å². The van der Waals surface area contributed by atoms with Gasteiger partial charge in [0.15, 0.2) is 0 Å². The van der Waals surface area contributed by atoms with Crippen molar-refractivity contribution >= 4 is 52.2 Å². The molecule has 9 heteroatoms. The Labute approximate surface area is 193 Å². The summed E-state index contributed by atoms with van der Waals surface area (Å²) in [5, 5.41) is 13.4. The number of thioether (sulfide) groups is 1. The van der Waals surface area contributed by atoms with Crippen LogP contribution in [-0.4, -0.2) is 22.5 Å². The van der Waals surface area contributed by atoms with Gasteiger partial charge in [0.05, 0.1) is 21.3 Å². The predicted molar refractivity (Wildman–Crippen MR) is 126 cm³/mol. The van der Waals surface area contributed by atoms with Gasteiger partial charge in [0.2, 0.25) is 5.91 Å². The van der Waals surface area contributed by atoms with Crippen LogP contribution in [0.15, 0.2) is 66.7 Å². The van der Waals surface area contributed by atoms with E-state index in [2.05, 4.69) is 5.32 Å². The highest BCUT2D eigenvalue weighted by atomic mass is 35.5. The Kier molecular flexibility index (Phi) is 6.16. The molecule has 1 atom stereocenters. The third-order valence-corrected chi connectivity index (χ3v) is 6.53. The van der Waals surface area contributed by atoms with Gasteiger partial charge in [-0.1, -0.05) is 35.9 Å². The van der Waals surface area contributed by atoms with Gasteiger partial charge in [0.1, 0.15) is 5.37 Å². The van der Waals surface area contributed by atoms with Crippen LogP contribution in [0.2, 0.25) is 5.02 Å². The normalized spacial score (nSPS) is 15.6. The van der Waals surface area contributed by atoms with Crippen molar-refractivity contribution in [1.29, 1.82) is 0 Å². The van der Waals surface area contributed by atoms with E-state index in [1.54, 1.807) is 28.8 Å². The molecule has 1 aliphatic heterocycles. The zero-order chi connectivity index (χ0) is 22.8. The summed E-state index contributed by atoms with van der Waals surface area (Å²) in [4.78, 5) is 37.1. The lowest BCUT2D eigenvalue weighted by atomic mass is 10.1. The first-order chi connectivity index (χ1) is 15.3. The van der Waals surface area contributed by atoms with Gasteiger partial charge in [0, 0.05) is 23.5 Å². The van der Waals surface area contributed by atoms with Crippen molar-refractivity contribution in [3.63, 3.8) is 0 Å². The number of nitro benzene ring substituents is 1. The largest absolute Gasteiger partial charge is 0.322 e. The maximum Gasteiger partial charge on any atom is 0.270 e. The number of hydrogen-bond acceptors (Lipinski definition) is 5. The molecule has 0 unspecified atom stereocenters. The fourth-order valence-electron chi connectivity index (χ4n) is 3.46. The van der Waals surface area contributed by atoms with Gasteiger partial charge in [0.25, 0.3) is 11.6 Å². The van der Waals surface area contributed by atoms with Gasteiger partial charge in [-0.2, -0.15) is 0 Å². The van der Waals surface area contributed by atoms with Crippen molar-refractivity contribution < 1.29 is 14.5 Å². The summed E-state index contributed by atoms with van der Waals surface area (Å²) < 4.78 is 0. The van der Waals surface area contributed by atoms with E-state index in [4.69, 9.17) is 11.6 Å². The number of benzene rings is 3. The molecule has 0 radical (unpaired) electrons. The van der Waals surface area contributed by atoms with E-state index >= 15 is 0 Å². The summed E-state index contributed by atoms with van der Waals surface area (Å²) in [6, 6.07) is 18.8. The second kappa shape index (κ2) is 9.02.